The molecule has 1 aliphatic heterocycles. The van der Waals surface area contributed by atoms with Gasteiger partial charge in [-0.2, -0.15) is 0 Å². The maximum absolute atomic E-state index is 12.3. The topological polar surface area (TPSA) is 60.9 Å². The van der Waals surface area contributed by atoms with E-state index in [1.807, 2.05) is 43.3 Å². The molecule has 0 aromatic heterocycles. The van der Waals surface area contributed by atoms with Crippen LogP contribution in [0, 0.1) is 0 Å². The van der Waals surface area contributed by atoms with Crippen LogP contribution in [-0.2, 0) is 16.0 Å². The van der Waals surface area contributed by atoms with Crippen LogP contribution in [0.3, 0.4) is 0 Å². The summed E-state index contributed by atoms with van der Waals surface area (Å²) in [5.41, 5.74) is 1.66. The normalized spacial score (nSPS) is 17.6. The van der Waals surface area contributed by atoms with Gasteiger partial charge in [-0.25, -0.2) is 4.79 Å². The third-order valence-corrected chi connectivity index (χ3v) is 3.30. The first kappa shape index (κ1) is 13.5. The minimum atomic E-state index is -0.950. The van der Waals surface area contributed by atoms with Gasteiger partial charge >= 0.3 is 5.97 Å². The van der Waals surface area contributed by atoms with Crippen molar-refractivity contribution in [3.8, 4) is 0 Å². The van der Waals surface area contributed by atoms with E-state index in [4.69, 9.17) is 0 Å². The molecule has 0 saturated heterocycles. The Hall–Kier alpha value is -1.88. The van der Waals surface area contributed by atoms with E-state index < -0.39 is 12.0 Å². The molecule has 1 aliphatic rings. The number of carboxylic acids is 1. The van der Waals surface area contributed by atoms with Crippen LogP contribution in [0.25, 0.3) is 0 Å². The number of rotatable bonds is 4. The van der Waals surface area contributed by atoms with Gasteiger partial charge in [0.2, 0.25) is 5.91 Å². The molecule has 1 amide bonds. The number of hydrogen-bond acceptors (Lipinski definition) is 3. The average Bonchev–Trinajstić information content (AvgIpc) is 2.75. The van der Waals surface area contributed by atoms with Crippen molar-refractivity contribution >= 4 is 17.6 Å². The second-order valence-electron chi connectivity index (χ2n) is 5.00. The number of nitrogens with zero attached hydrogens (tertiary/aromatic N) is 2. The van der Waals surface area contributed by atoms with Crippen molar-refractivity contribution in [2.24, 2.45) is 0 Å². The molecule has 0 saturated carbocycles. The summed E-state index contributed by atoms with van der Waals surface area (Å²) < 4.78 is 0. The first-order valence-corrected chi connectivity index (χ1v) is 6.28. The zero-order valence-electron chi connectivity index (χ0n) is 11.2. The minimum absolute atomic E-state index is 0.133. The second-order valence-corrected chi connectivity index (χ2v) is 5.00. The smallest absolute Gasteiger partial charge is 0.327 e. The summed E-state index contributed by atoms with van der Waals surface area (Å²) in [6.45, 7) is 0.615. The van der Waals surface area contributed by atoms with Crippen LogP contribution in [0.4, 0.5) is 5.69 Å². The van der Waals surface area contributed by atoms with Gasteiger partial charge in [0.25, 0.3) is 0 Å². The molecule has 0 bridgehead atoms. The average molecular weight is 262 g/mol. The number of carbonyl (C=O) groups excluding carboxylic acids is 1. The summed E-state index contributed by atoms with van der Waals surface area (Å²) in [6, 6.07) is 6.61. The van der Waals surface area contributed by atoms with E-state index in [0.717, 1.165) is 11.3 Å². The molecule has 102 valence electrons. The number of anilines is 1. The lowest BCUT2D eigenvalue weighted by molar-refractivity contribution is -0.139. The Bertz CT molecular complexity index is 499. The summed E-state index contributed by atoms with van der Waals surface area (Å²) in [7, 11) is 3.78. The molecule has 5 heteroatoms. The highest BCUT2D eigenvalue weighted by molar-refractivity contribution is 6.01. The largest absolute Gasteiger partial charge is 0.480 e. The zero-order valence-corrected chi connectivity index (χ0v) is 11.2. The Labute approximate surface area is 112 Å². The molecule has 1 atom stereocenters. The molecule has 1 heterocycles. The molecule has 1 aromatic rings. The molecule has 5 nitrogen and oxygen atoms in total. The van der Waals surface area contributed by atoms with E-state index in [1.165, 1.54) is 4.90 Å². The van der Waals surface area contributed by atoms with E-state index in [1.54, 1.807) is 0 Å². The van der Waals surface area contributed by atoms with Crippen LogP contribution in [0.15, 0.2) is 24.3 Å². The van der Waals surface area contributed by atoms with Gasteiger partial charge in [-0.1, -0.05) is 18.2 Å². The molecule has 1 aromatic carbocycles. The number of aliphatic carboxylic acids is 1. The predicted molar refractivity (Wildman–Crippen MR) is 72.2 cm³/mol. The van der Waals surface area contributed by atoms with E-state index in [-0.39, 0.29) is 5.91 Å². The minimum Gasteiger partial charge on any atom is -0.480 e. The number of hydrogen-bond donors (Lipinski definition) is 1. The molecule has 0 spiro atoms. The van der Waals surface area contributed by atoms with Crippen LogP contribution in [-0.4, -0.2) is 48.6 Å². The molecule has 0 radical (unpaired) electrons. The lowest BCUT2D eigenvalue weighted by atomic mass is 10.1. The molecule has 2 rings (SSSR count). The van der Waals surface area contributed by atoms with Gasteiger partial charge in [0.15, 0.2) is 0 Å². The summed E-state index contributed by atoms with van der Waals surface area (Å²) in [5, 5.41) is 9.28. The van der Waals surface area contributed by atoms with Gasteiger partial charge < -0.3 is 10.0 Å². The molecule has 1 unspecified atom stereocenters. The standard InChI is InChI=1S/C14H18N2O3/c1-15(2)8-7-13(17)16-11-6-4-3-5-10(11)9-12(16)14(18)19/h3-6,12H,7-9H2,1-2H3,(H,18,19). The molecule has 0 fully saturated rings. The van der Waals surface area contributed by atoms with Crippen molar-refractivity contribution < 1.29 is 14.7 Å². The number of carboxylic acid groups (broad SMARTS) is 1. The van der Waals surface area contributed by atoms with Crippen LogP contribution in [0.5, 0.6) is 0 Å². The van der Waals surface area contributed by atoms with Crippen LogP contribution in [0.1, 0.15) is 12.0 Å². The number of para-hydroxylation sites is 1. The molecule has 0 aliphatic carbocycles. The maximum Gasteiger partial charge on any atom is 0.327 e. The Kier molecular flexibility index (Phi) is 3.85. The Morgan fingerprint density at radius 3 is 2.68 bits per heavy atom. The number of carbonyl (C=O) groups is 2. The fourth-order valence-corrected chi connectivity index (χ4v) is 2.33. The highest BCUT2D eigenvalue weighted by Gasteiger charge is 2.37. The van der Waals surface area contributed by atoms with E-state index in [9.17, 15) is 14.7 Å². The number of benzene rings is 1. The van der Waals surface area contributed by atoms with Crippen molar-refractivity contribution in [1.82, 2.24) is 4.90 Å². The van der Waals surface area contributed by atoms with Crippen molar-refractivity contribution in [1.29, 1.82) is 0 Å². The SMILES string of the molecule is CN(C)CCC(=O)N1c2ccccc2CC1C(=O)O. The van der Waals surface area contributed by atoms with Crippen molar-refractivity contribution in [2.75, 3.05) is 25.5 Å². The van der Waals surface area contributed by atoms with Gasteiger partial charge in [-0.3, -0.25) is 9.69 Å². The van der Waals surface area contributed by atoms with Crippen LogP contribution < -0.4 is 4.90 Å². The van der Waals surface area contributed by atoms with E-state index in [2.05, 4.69) is 0 Å². The Morgan fingerprint density at radius 1 is 1.37 bits per heavy atom. The number of fused-ring (bicyclic) bond motifs is 1. The molecular formula is C14H18N2O3. The van der Waals surface area contributed by atoms with Crippen molar-refractivity contribution in [3.05, 3.63) is 29.8 Å². The summed E-state index contributed by atoms with van der Waals surface area (Å²) in [5.74, 6) is -1.08. The fraction of sp³-hybridized carbons (Fsp3) is 0.429. The summed E-state index contributed by atoms with van der Waals surface area (Å²) >= 11 is 0. The third kappa shape index (κ3) is 2.76. The van der Waals surface area contributed by atoms with Crippen molar-refractivity contribution in [3.63, 3.8) is 0 Å². The molecule has 19 heavy (non-hydrogen) atoms. The second kappa shape index (κ2) is 5.40. The van der Waals surface area contributed by atoms with Gasteiger partial charge in [0.05, 0.1) is 0 Å². The zero-order chi connectivity index (χ0) is 14.0. The molecular weight excluding hydrogens is 244 g/mol. The lowest BCUT2D eigenvalue weighted by Gasteiger charge is -2.23. The quantitative estimate of drug-likeness (QED) is 0.878. The first-order chi connectivity index (χ1) is 9.00. The van der Waals surface area contributed by atoms with E-state index >= 15 is 0 Å². The third-order valence-electron chi connectivity index (χ3n) is 3.30. The highest BCUT2D eigenvalue weighted by atomic mass is 16.4. The summed E-state index contributed by atoms with van der Waals surface area (Å²) in [4.78, 5) is 26.9. The lowest BCUT2D eigenvalue weighted by Crippen LogP contribution is -2.43. The first-order valence-electron chi connectivity index (χ1n) is 6.28. The maximum atomic E-state index is 12.3. The summed E-state index contributed by atoms with van der Waals surface area (Å²) in [6.07, 6.45) is 0.713. The monoisotopic (exact) mass is 262 g/mol. The van der Waals surface area contributed by atoms with E-state index in [0.29, 0.717) is 19.4 Å². The Balaban J connectivity index is 2.24. The predicted octanol–water partition coefficient (Wildman–Crippen LogP) is 0.981. The van der Waals surface area contributed by atoms with Gasteiger partial charge in [0.1, 0.15) is 6.04 Å². The number of amides is 1. The van der Waals surface area contributed by atoms with Crippen LogP contribution >= 0.6 is 0 Å². The van der Waals surface area contributed by atoms with Crippen molar-refractivity contribution in [2.45, 2.75) is 18.9 Å². The van der Waals surface area contributed by atoms with Gasteiger partial charge in [0, 0.05) is 25.1 Å². The van der Waals surface area contributed by atoms with Crippen LogP contribution in [0.2, 0.25) is 0 Å². The highest BCUT2D eigenvalue weighted by Crippen LogP contribution is 2.32. The molecule has 1 N–H and O–H groups in total. The fourth-order valence-electron chi connectivity index (χ4n) is 2.33. The van der Waals surface area contributed by atoms with Gasteiger partial charge in [-0.15, -0.1) is 0 Å². The Morgan fingerprint density at radius 2 is 2.05 bits per heavy atom. The van der Waals surface area contributed by atoms with Gasteiger partial charge in [-0.05, 0) is 25.7 Å².